The summed E-state index contributed by atoms with van der Waals surface area (Å²) in [6.07, 6.45) is 1.54. The van der Waals surface area contributed by atoms with Gasteiger partial charge in [0.05, 0.1) is 0 Å². The molecule has 0 saturated carbocycles. The van der Waals surface area contributed by atoms with Gasteiger partial charge in [-0.3, -0.25) is 9.59 Å². The second-order valence-electron chi connectivity index (χ2n) is 7.38. The van der Waals surface area contributed by atoms with E-state index in [4.69, 9.17) is 0 Å². The van der Waals surface area contributed by atoms with Crippen molar-refractivity contribution in [3.8, 4) is 0 Å². The summed E-state index contributed by atoms with van der Waals surface area (Å²) in [5, 5.41) is 5.20. The molecule has 1 aliphatic heterocycles. The Labute approximate surface area is 165 Å². The zero-order valence-electron chi connectivity index (χ0n) is 16.0. The molecule has 28 heavy (non-hydrogen) atoms. The number of aryl methyl sites for hydroxylation is 1. The summed E-state index contributed by atoms with van der Waals surface area (Å²) in [4.78, 5) is 27.5. The molecule has 1 aliphatic rings. The number of piperidine rings is 1. The summed E-state index contributed by atoms with van der Waals surface area (Å²) in [6.45, 7) is 3.25. The quantitative estimate of drug-likeness (QED) is 0.750. The number of benzene rings is 3. The van der Waals surface area contributed by atoms with Gasteiger partial charge in [0.2, 0.25) is 0 Å². The molecule has 0 atom stereocenters. The van der Waals surface area contributed by atoms with Crippen LogP contribution in [-0.4, -0.2) is 35.8 Å². The number of nitrogens with zero attached hydrogens (tertiary/aromatic N) is 1. The molecule has 1 N–H and O–H groups in total. The fourth-order valence-electron chi connectivity index (χ4n) is 3.90. The van der Waals surface area contributed by atoms with Crippen LogP contribution in [0.25, 0.3) is 10.8 Å². The molecule has 0 bridgehead atoms. The number of fused-ring (bicyclic) bond motifs is 1. The van der Waals surface area contributed by atoms with Crippen molar-refractivity contribution in [2.75, 3.05) is 13.1 Å². The van der Waals surface area contributed by atoms with E-state index in [0.29, 0.717) is 13.1 Å². The predicted molar refractivity (Wildman–Crippen MR) is 112 cm³/mol. The SMILES string of the molecule is Cc1ccccc1C(=O)NC1CCN(C(=O)c2cccc3ccccc23)CC1. The van der Waals surface area contributed by atoms with Gasteiger partial charge in [-0.15, -0.1) is 0 Å². The minimum atomic E-state index is -0.0306. The first-order valence-corrected chi connectivity index (χ1v) is 9.77. The van der Waals surface area contributed by atoms with Crippen LogP contribution < -0.4 is 5.32 Å². The van der Waals surface area contributed by atoms with Crippen LogP contribution in [0.15, 0.2) is 66.7 Å². The lowest BCUT2D eigenvalue weighted by molar-refractivity contribution is 0.0700. The van der Waals surface area contributed by atoms with Crippen LogP contribution in [0.2, 0.25) is 0 Å². The van der Waals surface area contributed by atoms with Gasteiger partial charge in [0, 0.05) is 30.3 Å². The zero-order valence-corrected chi connectivity index (χ0v) is 16.0. The molecule has 0 aromatic heterocycles. The average molecular weight is 372 g/mol. The fraction of sp³-hybridized carbons (Fsp3) is 0.250. The zero-order chi connectivity index (χ0) is 19.5. The molecule has 3 aromatic carbocycles. The van der Waals surface area contributed by atoms with Crippen molar-refractivity contribution in [1.29, 1.82) is 0 Å². The number of likely N-dealkylation sites (tertiary alicyclic amines) is 1. The first-order chi connectivity index (χ1) is 13.6. The van der Waals surface area contributed by atoms with Crippen LogP contribution in [0, 0.1) is 6.92 Å². The Bertz CT molecular complexity index is 1010. The van der Waals surface area contributed by atoms with E-state index in [9.17, 15) is 9.59 Å². The summed E-state index contributed by atoms with van der Waals surface area (Å²) in [6, 6.07) is 21.5. The molecular weight excluding hydrogens is 348 g/mol. The number of carbonyl (C=O) groups excluding carboxylic acids is 2. The van der Waals surface area contributed by atoms with Crippen molar-refractivity contribution < 1.29 is 9.59 Å². The van der Waals surface area contributed by atoms with Crippen LogP contribution >= 0.6 is 0 Å². The molecule has 4 heteroatoms. The van der Waals surface area contributed by atoms with Crippen molar-refractivity contribution in [1.82, 2.24) is 10.2 Å². The second kappa shape index (κ2) is 7.85. The molecule has 0 aliphatic carbocycles. The molecule has 1 heterocycles. The van der Waals surface area contributed by atoms with Gasteiger partial charge in [0.25, 0.3) is 11.8 Å². The smallest absolute Gasteiger partial charge is 0.254 e. The molecule has 1 fully saturated rings. The lowest BCUT2D eigenvalue weighted by atomic mass is 10.00. The molecule has 4 nitrogen and oxygen atoms in total. The normalized spacial score (nSPS) is 14.8. The fourth-order valence-corrected chi connectivity index (χ4v) is 3.90. The van der Waals surface area contributed by atoms with E-state index >= 15 is 0 Å². The third kappa shape index (κ3) is 3.63. The molecule has 142 valence electrons. The second-order valence-corrected chi connectivity index (χ2v) is 7.38. The molecule has 4 rings (SSSR count). The average Bonchev–Trinajstić information content (AvgIpc) is 2.73. The highest BCUT2D eigenvalue weighted by Crippen LogP contribution is 2.22. The molecule has 0 spiro atoms. The Morgan fingerprint density at radius 3 is 2.29 bits per heavy atom. The maximum absolute atomic E-state index is 13.0. The van der Waals surface area contributed by atoms with Crippen molar-refractivity contribution in [2.45, 2.75) is 25.8 Å². The summed E-state index contributed by atoms with van der Waals surface area (Å²) in [7, 11) is 0. The van der Waals surface area contributed by atoms with E-state index in [1.165, 1.54) is 0 Å². The van der Waals surface area contributed by atoms with Gasteiger partial charge in [-0.2, -0.15) is 0 Å². The number of nitrogens with one attached hydrogen (secondary N) is 1. The van der Waals surface area contributed by atoms with Crippen molar-refractivity contribution in [3.63, 3.8) is 0 Å². The highest BCUT2D eigenvalue weighted by Gasteiger charge is 2.25. The van der Waals surface area contributed by atoms with Gasteiger partial charge in [-0.05, 0) is 48.2 Å². The van der Waals surface area contributed by atoms with Gasteiger partial charge in [0.1, 0.15) is 0 Å². The lowest BCUT2D eigenvalue weighted by Gasteiger charge is -2.32. The highest BCUT2D eigenvalue weighted by molar-refractivity contribution is 6.07. The number of rotatable bonds is 3. The Kier molecular flexibility index (Phi) is 5.11. The minimum absolute atomic E-state index is 0.0306. The third-order valence-electron chi connectivity index (χ3n) is 5.53. The van der Waals surface area contributed by atoms with E-state index < -0.39 is 0 Å². The van der Waals surface area contributed by atoms with E-state index in [1.54, 1.807) is 0 Å². The van der Waals surface area contributed by atoms with Gasteiger partial charge in [-0.1, -0.05) is 54.6 Å². The van der Waals surface area contributed by atoms with E-state index in [1.807, 2.05) is 78.6 Å². The Hall–Kier alpha value is -3.14. The summed E-state index contributed by atoms with van der Waals surface area (Å²) in [5.41, 5.74) is 2.45. The van der Waals surface area contributed by atoms with Crippen molar-refractivity contribution in [3.05, 3.63) is 83.4 Å². The predicted octanol–water partition coefficient (Wildman–Crippen LogP) is 4.18. The number of hydrogen-bond acceptors (Lipinski definition) is 2. The molecule has 1 saturated heterocycles. The Morgan fingerprint density at radius 1 is 0.857 bits per heavy atom. The summed E-state index contributed by atoms with van der Waals surface area (Å²) >= 11 is 0. The standard InChI is InChI=1S/C24H24N2O2/c1-17-7-2-4-10-20(17)23(27)25-19-13-15-26(16-14-19)24(28)22-12-6-9-18-8-3-5-11-21(18)22/h2-12,19H,13-16H2,1H3,(H,25,27). The third-order valence-corrected chi connectivity index (χ3v) is 5.53. The number of carbonyl (C=O) groups is 2. The molecular formula is C24H24N2O2. The molecule has 3 aromatic rings. The van der Waals surface area contributed by atoms with E-state index in [2.05, 4.69) is 5.32 Å². The lowest BCUT2D eigenvalue weighted by Crippen LogP contribution is -2.46. The number of hydrogen-bond donors (Lipinski definition) is 1. The maximum Gasteiger partial charge on any atom is 0.254 e. The van der Waals surface area contributed by atoms with Crippen LogP contribution in [0.1, 0.15) is 39.1 Å². The minimum Gasteiger partial charge on any atom is -0.349 e. The van der Waals surface area contributed by atoms with Gasteiger partial charge >= 0.3 is 0 Å². The summed E-state index contributed by atoms with van der Waals surface area (Å²) in [5.74, 6) is 0.0393. The first-order valence-electron chi connectivity index (χ1n) is 9.77. The van der Waals surface area contributed by atoms with E-state index in [-0.39, 0.29) is 17.9 Å². The van der Waals surface area contributed by atoms with Crippen LogP contribution in [-0.2, 0) is 0 Å². The van der Waals surface area contributed by atoms with Crippen LogP contribution in [0.3, 0.4) is 0 Å². The number of amides is 2. The first kappa shape index (κ1) is 18.2. The van der Waals surface area contributed by atoms with Gasteiger partial charge in [-0.25, -0.2) is 0 Å². The monoisotopic (exact) mass is 372 g/mol. The Morgan fingerprint density at radius 2 is 1.50 bits per heavy atom. The maximum atomic E-state index is 13.0. The largest absolute Gasteiger partial charge is 0.349 e. The van der Waals surface area contributed by atoms with Crippen molar-refractivity contribution in [2.24, 2.45) is 0 Å². The molecule has 0 radical (unpaired) electrons. The van der Waals surface area contributed by atoms with E-state index in [0.717, 1.165) is 40.3 Å². The Balaban J connectivity index is 1.41. The molecule has 0 unspecified atom stereocenters. The van der Waals surface area contributed by atoms with Crippen LogP contribution in [0.5, 0.6) is 0 Å². The van der Waals surface area contributed by atoms with Crippen LogP contribution in [0.4, 0.5) is 0 Å². The molecule has 2 amide bonds. The summed E-state index contributed by atoms with van der Waals surface area (Å²) < 4.78 is 0. The van der Waals surface area contributed by atoms with Gasteiger partial charge in [0.15, 0.2) is 0 Å². The highest BCUT2D eigenvalue weighted by atomic mass is 16.2. The van der Waals surface area contributed by atoms with Gasteiger partial charge < -0.3 is 10.2 Å². The van der Waals surface area contributed by atoms with Crippen molar-refractivity contribution >= 4 is 22.6 Å². The topological polar surface area (TPSA) is 49.4 Å².